The van der Waals surface area contributed by atoms with Crippen molar-refractivity contribution >= 4 is 17.3 Å². The molecule has 132 valence electrons. The average molecular weight is 354 g/mol. The third-order valence-electron chi connectivity index (χ3n) is 4.73. The number of nitriles is 1. The lowest BCUT2D eigenvalue weighted by Gasteiger charge is -2.26. The maximum absolute atomic E-state index is 14.3. The molecule has 0 unspecified atom stereocenters. The van der Waals surface area contributed by atoms with E-state index in [1.165, 1.54) is 10.6 Å². The number of rotatable bonds is 2. The Bertz CT molecular complexity index is 1040. The number of aromatic nitrogens is 3. The van der Waals surface area contributed by atoms with Gasteiger partial charge in [-0.3, -0.25) is 0 Å². The van der Waals surface area contributed by atoms with E-state index >= 15 is 0 Å². The smallest absolute Gasteiger partial charge is 0.177 e. The molecule has 2 atom stereocenters. The number of hydrogen-bond acceptors (Lipinski definition) is 5. The van der Waals surface area contributed by atoms with Crippen LogP contribution in [0, 0.1) is 28.9 Å². The minimum atomic E-state index is -0.473. The summed E-state index contributed by atoms with van der Waals surface area (Å²) in [6.45, 7) is 2.70. The van der Waals surface area contributed by atoms with E-state index in [0.717, 1.165) is 12.1 Å². The van der Waals surface area contributed by atoms with Crippen molar-refractivity contribution in [3.05, 3.63) is 53.2 Å². The minimum absolute atomic E-state index is 0.111. The molecule has 1 aliphatic heterocycles. The Kier molecular flexibility index (Phi) is 3.72. The van der Waals surface area contributed by atoms with Gasteiger partial charge in [0, 0.05) is 18.3 Å². The van der Waals surface area contributed by atoms with Crippen LogP contribution in [0.3, 0.4) is 0 Å². The van der Waals surface area contributed by atoms with Crippen LogP contribution in [-0.4, -0.2) is 21.1 Å². The predicted molar refractivity (Wildman–Crippen MR) is 92.3 cm³/mol. The Labute approximate surface area is 148 Å². The lowest BCUT2D eigenvalue weighted by atomic mass is 10.0. The molecule has 1 aliphatic rings. The summed E-state index contributed by atoms with van der Waals surface area (Å²) in [6.07, 6.45) is 2.34. The van der Waals surface area contributed by atoms with Gasteiger partial charge in [-0.15, -0.1) is 5.10 Å². The first kappa shape index (κ1) is 16.3. The van der Waals surface area contributed by atoms with Crippen molar-refractivity contribution in [2.75, 3.05) is 17.2 Å². The third kappa shape index (κ3) is 2.52. The molecule has 0 radical (unpaired) electrons. The molecule has 0 amide bonds. The zero-order valence-corrected chi connectivity index (χ0v) is 14.0. The van der Waals surface area contributed by atoms with E-state index in [1.54, 1.807) is 12.3 Å². The summed E-state index contributed by atoms with van der Waals surface area (Å²) >= 11 is 0. The maximum atomic E-state index is 14.3. The van der Waals surface area contributed by atoms with Gasteiger partial charge in [-0.2, -0.15) is 5.26 Å². The summed E-state index contributed by atoms with van der Waals surface area (Å²) in [6, 6.07) is 6.91. The summed E-state index contributed by atoms with van der Waals surface area (Å²) in [7, 11) is 0. The fourth-order valence-corrected chi connectivity index (χ4v) is 3.57. The zero-order chi connectivity index (χ0) is 18.4. The normalized spacial score (nSPS) is 19.8. The fraction of sp³-hybridized carbons (Fsp3) is 0.278. The number of benzene rings is 1. The van der Waals surface area contributed by atoms with Crippen LogP contribution >= 0.6 is 0 Å². The summed E-state index contributed by atoms with van der Waals surface area (Å²) in [5.41, 5.74) is 6.60. The molecule has 2 aromatic heterocycles. The van der Waals surface area contributed by atoms with Gasteiger partial charge in [-0.25, -0.2) is 18.3 Å². The Morgan fingerprint density at radius 1 is 1.31 bits per heavy atom. The molecule has 0 spiro atoms. The molecule has 26 heavy (non-hydrogen) atoms. The molecule has 1 fully saturated rings. The van der Waals surface area contributed by atoms with E-state index in [2.05, 4.69) is 17.0 Å². The first-order valence-electron chi connectivity index (χ1n) is 8.24. The average Bonchev–Trinajstić information content (AvgIpc) is 3.15. The molecule has 0 aliphatic carbocycles. The molecule has 0 bridgehead atoms. The first-order chi connectivity index (χ1) is 12.5. The summed E-state index contributed by atoms with van der Waals surface area (Å²) in [5.74, 6) is 0.0558. The number of nitrogens with zero attached hydrogens (tertiary/aromatic N) is 5. The summed E-state index contributed by atoms with van der Waals surface area (Å²) in [4.78, 5) is 6.46. The van der Waals surface area contributed by atoms with Crippen LogP contribution in [0.2, 0.25) is 0 Å². The van der Waals surface area contributed by atoms with Gasteiger partial charge in [-0.05, 0) is 36.6 Å². The second-order valence-corrected chi connectivity index (χ2v) is 6.60. The molecule has 3 aromatic rings. The number of hydrogen-bond donors (Lipinski definition) is 1. The lowest BCUT2D eigenvalue weighted by molar-refractivity contribution is 0.549. The van der Waals surface area contributed by atoms with Crippen molar-refractivity contribution in [1.29, 1.82) is 5.26 Å². The second-order valence-electron chi connectivity index (χ2n) is 6.60. The van der Waals surface area contributed by atoms with Crippen LogP contribution in [-0.2, 0) is 0 Å². The highest BCUT2D eigenvalue weighted by Gasteiger charge is 2.34. The van der Waals surface area contributed by atoms with Gasteiger partial charge < -0.3 is 10.6 Å². The fourth-order valence-electron chi connectivity index (χ4n) is 3.57. The Balaban J connectivity index is 1.81. The Morgan fingerprint density at radius 2 is 2.12 bits per heavy atom. The van der Waals surface area contributed by atoms with Crippen LogP contribution in [0.5, 0.6) is 0 Å². The quantitative estimate of drug-likeness (QED) is 0.765. The van der Waals surface area contributed by atoms with Crippen molar-refractivity contribution in [1.82, 2.24) is 14.6 Å². The number of nitrogens with two attached hydrogens (primary N) is 1. The standard InChI is InChI=1S/C18H16F2N6/c1-10-6-15(12-7-11(19)2-3-14(12)20)25(9-10)16-4-5-26-18(23-16)13(8-21)17(22)24-26/h2-5,7,10,15H,6,9H2,1H3,(H2,22,24)/t10-,15+/m0/s1. The van der Waals surface area contributed by atoms with Crippen molar-refractivity contribution < 1.29 is 8.78 Å². The van der Waals surface area contributed by atoms with E-state index in [1.807, 2.05) is 11.0 Å². The molecule has 8 heteroatoms. The van der Waals surface area contributed by atoms with Crippen LogP contribution in [0.25, 0.3) is 5.65 Å². The van der Waals surface area contributed by atoms with Crippen LogP contribution in [0.1, 0.15) is 30.5 Å². The van der Waals surface area contributed by atoms with Crippen molar-refractivity contribution in [2.45, 2.75) is 19.4 Å². The molecule has 4 rings (SSSR count). The zero-order valence-electron chi connectivity index (χ0n) is 14.0. The van der Waals surface area contributed by atoms with Gasteiger partial charge in [0.15, 0.2) is 11.5 Å². The van der Waals surface area contributed by atoms with Gasteiger partial charge in [0.2, 0.25) is 0 Å². The van der Waals surface area contributed by atoms with E-state index in [9.17, 15) is 14.0 Å². The molecule has 1 saturated heterocycles. The lowest BCUT2D eigenvalue weighted by Crippen LogP contribution is -2.25. The molecule has 6 nitrogen and oxygen atoms in total. The van der Waals surface area contributed by atoms with Gasteiger partial charge in [0.05, 0.1) is 6.04 Å². The molecule has 3 heterocycles. The van der Waals surface area contributed by atoms with Gasteiger partial charge in [0.25, 0.3) is 0 Å². The topological polar surface area (TPSA) is 83.2 Å². The monoisotopic (exact) mass is 354 g/mol. The second kappa shape index (κ2) is 5.95. The number of halogens is 2. The molecular weight excluding hydrogens is 338 g/mol. The number of fused-ring (bicyclic) bond motifs is 1. The van der Waals surface area contributed by atoms with Crippen LogP contribution in [0.15, 0.2) is 30.5 Å². The largest absolute Gasteiger partial charge is 0.381 e. The van der Waals surface area contributed by atoms with Crippen molar-refractivity contribution in [3.8, 4) is 6.07 Å². The SMILES string of the molecule is C[C@H]1C[C@H](c2cc(F)ccc2F)N(c2ccn3nc(N)c(C#N)c3n2)C1. The molecular formula is C18H16F2N6. The van der Waals surface area contributed by atoms with E-state index < -0.39 is 11.6 Å². The van der Waals surface area contributed by atoms with Gasteiger partial charge in [-0.1, -0.05) is 6.92 Å². The highest BCUT2D eigenvalue weighted by Crippen LogP contribution is 2.39. The van der Waals surface area contributed by atoms with Crippen LogP contribution < -0.4 is 10.6 Å². The van der Waals surface area contributed by atoms with Gasteiger partial charge in [0.1, 0.15) is 29.1 Å². The molecule has 2 N–H and O–H groups in total. The highest BCUT2D eigenvalue weighted by molar-refractivity contribution is 5.67. The van der Waals surface area contributed by atoms with Gasteiger partial charge >= 0.3 is 0 Å². The van der Waals surface area contributed by atoms with Crippen LogP contribution in [0.4, 0.5) is 20.4 Å². The third-order valence-corrected chi connectivity index (χ3v) is 4.73. The van der Waals surface area contributed by atoms with E-state index in [0.29, 0.717) is 30.0 Å². The van der Waals surface area contributed by atoms with Crippen molar-refractivity contribution in [2.24, 2.45) is 5.92 Å². The molecule has 1 aromatic carbocycles. The number of nitrogen functional groups attached to an aromatic ring is 1. The maximum Gasteiger partial charge on any atom is 0.177 e. The summed E-state index contributed by atoms with van der Waals surface area (Å²) in [5, 5.41) is 13.3. The van der Waals surface area contributed by atoms with E-state index in [4.69, 9.17) is 5.73 Å². The summed E-state index contributed by atoms with van der Waals surface area (Å²) < 4.78 is 29.4. The predicted octanol–water partition coefficient (Wildman–Crippen LogP) is 3.05. The van der Waals surface area contributed by atoms with E-state index in [-0.39, 0.29) is 23.3 Å². The Morgan fingerprint density at radius 3 is 2.88 bits per heavy atom. The highest BCUT2D eigenvalue weighted by atomic mass is 19.1. The Hall–Kier alpha value is -3.21. The molecule has 0 saturated carbocycles. The minimum Gasteiger partial charge on any atom is -0.381 e. The first-order valence-corrected chi connectivity index (χ1v) is 8.24. The van der Waals surface area contributed by atoms with Crippen molar-refractivity contribution in [3.63, 3.8) is 0 Å². The number of anilines is 2.